The number of benzene rings is 1. The number of nitrogens with zero attached hydrogens (tertiary/aromatic N) is 4. The molecule has 0 radical (unpaired) electrons. The fourth-order valence-electron chi connectivity index (χ4n) is 3.74. The Balaban J connectivity index is 1.88. The molecule has 160 valence electrons. The van der Waals surface area contributed by atoms with Crippen LogP contribution in [0.2, 0.25) is 0 Å². The van der Waals surface area contributed by atoms with E-state index in [0.717, 1.165) is 24.0 Å². The van der Waals surface area contributed by atoms with E-state index in [2.05, 4.69) is 33.3 Å². The number of hydrogen-bond acceptors (Lipinski definition) is 6. The number of pyridine rings is 1. The van der Waals surface area contributed by atoms with Gasteiger partial charge in [-0.05, 0) is 30.4 Å². The van der Waals surface area contributed by atoms with Crippen molar-refractivity contribution in [3.05, 3.63) is 58.4 Å². The molecular weight excluding hydrogens is 408 g/mol. The fraction of sp³-hybridized carbons (Fsp3) is 0.391. The summed E-state index contributed by atoms with van der Waals surface area (Å²) in [6, 6.07) is 12.4. The van der Waals surface area contributed by atoms with Crippen LogP contribution in [0.5, 0.6) is 0 Å². The molecule has 1 aromatic heterocycles. The molecule has 2 aromatic rings. The van der Waals surface area contributed by atoms with Gasteiger partial charge in [0, 0.05) is 24.9 Å². The largest absolute Gasteiger partial charge is 0.365 e. The number of rotatable bonds is 7. The van der Waals surface area contributed by atoms with Gasteiger partial charge in [-0.3, -0.25) is 4.79 Å². The molecule has 1 aliphatic rings. The minimum Gasteiger partial charge on any atom is -0.365 e. The van der Waals surface area contributed by atoms with Crippen molar-refractivity contribution in [3.8, 4) is 6.07 Å². The molecule has 8 heteroatoms. The van der Waals surface area contributed by atoms with Crippen LogP contribution in [0.25, 0.3) is 4.85 Å². The Kier molecular flexibility index (Phi) is 7.88. The van der Waals surface area contributed by atoms with Crippen LogP contribution < -0.4 is 16.0 Å². The summed E-state index contributed by atoms with van der Waals surface area (Å²) in [6.45, 7) is 11.1. The standard InChI is InChI=1S/C23H26N6OS/c1-3-18-19(13-24)23(31-15-16-7-5-4-6-8-16)28-22(21(18)26-2)29-11-9-17(10-12-29)27-20(30)14-25/h4-8,17H,3,9-12,14-15,25H2,1H3,(H,27,30). The first-order valence-electron chi connectivity index (χ1n) is 10.4. The quantitative estimate of drug-likeness (QED) is 0.512. The van der Waals surface area contributed by atoms with Gasteiger partial charge in [-0.1, -0.05) is 37.3 Å². The van der Waals surface area contributed by atoms with E-state index in [1.165, 1.54) is 11.8 Å². The Morgan fingerprint density at radius 1 is 1.39 bits per heavy atom. The Bertz CT molecular complexity index is 1000. The molecule has 1 aromatic carbocycles. The van der Waals surface area contributed by atoms with E-state index in [1.54, 1.807) is 0 Å². The molecule has 0 spiro atoms. The zero-order valence-electron chi connectivity index (χ0n) is 17.6. The van der Waals surface area contributed by atoms with Crippen molar-refractivity contribution in [1.82, 2.24) is 10.3 Å². The van der Waals surface area contributed by atoms with Crippen LogP contribution in [0.4, 0.5) is 11.5 Å². The van der Waals surface area contributed by atoms with E-state index in [0.29, 0.717) is 47.4 Å². The molecule has 2 heterocycles. The summed E-state index contributed by atoms with van der Waals surface area (Å²) in [6.07, 6.45) is 2.12. The van der Waals surface area contributed by atoms with Gasteiger partial charge in [0.2, 0.25) is 11.6 Å². The number of nitrogens with one attached hydrogen (secondary N) is 1. The summed E-state index contributed by atoms with van der Waals surface area (Å²) in [5.41, 5.74) is 8.28. The average Bonchev–Trinajstić information content (AvgIpc) is 2.82. The third kappa shape index (κ3) is 5.35. The lowest BCUT2D eigenvalue weighted by atomic mass is 10.0. The summed E-state index contributed by atoms with van der Waals surface area (Å²) < 4.78 is 0. The van der Waals surface area contributed by atoms with Crippen molar-refractivity contribution < 1.29 is 4.79 Å². The van der Waals surface area contributed by atoms with Gasteiger partial charge in [0.25, 0.3) is 0 Å². The van der Waals surface area contributed by atoms with Crippen LogP contribution in [0.1, 0.15) is 36.5 Å². The SMILES string of the molecule is [C-]#[N+]c1c(N2CCC(NC(=O)CN)CC2)nc(SCc2ccccc2)c(C#N)c1CC. The zero-order chi connectivity index (χ0) is 22.2. The summed E-state index contributed by atoms with van der Waals surface area (Å²) >= 11 is 1.53. The molecule has 1 amide bonds. The molecular formula is C23H26N6OS. The van der Waals surface area contributed by atoms with Crippen LogP contribution in [0.3, 0.4) is 0 Å². The van der Waals surface area contributed by atoms with Crippen molar-refractivity contribution in [1.29, 1.82) is 5.26 Å². The molecule has 1 aliphatic heterocycles. The molecule has 31 heavy (non-hydrogen) atoms. The summed E-state index contributed by atoms with van der Waals surface area (Å²) in [7, 11) is 0. The van der Waals surface area contributed by atoms with E-state index < -0.39 is 0 Å². The Labute approximate surface area is 187 Å². The number of amides is 1. The van der Waals surface area contributed by atoms with E-state index >= 15 is 0 Å². The van der Waals surface area contributed by atoms with Crippen molar-refractivity contribution in [3.63, 3.8) is 0 Å². The lowest BCUT2D eigenvalue weighted by molar-refractivity contribution is -0.120. The first kappa shape index (κ1) is 22.6. The minimum atomic E-state index is -0.148. The van der Waals surface area contributed by atoms with Crippen LogP contribution in [-0.4, -0.2) is 36.6 Å². The van der Waals surface area contributed by atoms with Gasteiger partial charge in [-0.25, -0.2) is 9.83 Å². The highest BCUT2D eigenvalue weighted by atomic mass is 32.2. The highest BCUT2D eigenvalue weighted by Gasteiger charge is 2.27. The second-order valence-electron chi connectivity index (χ2n) is 7.33. The summed E-state index contributed by atoms with van der Waals surface area (Å²) in [5, 5.41) is 13.4. The van der Waals surface area contributed by atoms with E-state index in [1.807, 2.05) is 25.1 Å². The molecule has 1 fully saturated rings. The van der Waals surface area contributed by atoms with Crippen LogP contribution in [0, 0.1) is 17.9 Å². The highest BCUT2D eigenvalue weighted by Crippen LogP contribution is 2.39. The lowest BCUT2D eigenvalue weighted by Crippen LogP contribution is -2.46. The first-order valence-corrected chi connectivity index (χ1v) is 11.3. The third-order valence-corrected chi connectivity index (χ3v) is 6.41. The molecule has 1 saturated heterocycles. The van der Waals surface area contributed by atoms with Gasteiger partial charge in [0.1, 0.15) is 16.9 Å². The van der Waals surface area contributed by atoms with E-state index in [9.17, 15) is 10.1 Å². The van der Waals surface area contributed by atoms with E-state index in [4.69, 9.17) is 17.3 Å². The van der Waals surface area contributed by atoms with Crippen LogP contribution in [-0.2, 0) is 17.0 Å². The summed E-state index contributed by atoms with van der Waals surface area (Å²) in [5.74, 6) is 1.20. The predicted molar refractivity (Wildman–Crippen MR) is 123 cm³/mol. The fourth-order valence-corrected chi connectivity index (χ4v) is 4.70. The van der Waals surface area contributed by atoms with Crippen molar-refractivity contribution in [2.24, 2.45) is 5.73 Å². The molecule has 3 rings (SSSR count). The number of anilines is 1. The number of nitrogens with two attached hydrogens (primary N) is 1. The van der Waals surface area contributed by atoms with Gasteiger partial charge in [0.15, 0.2) is 0 Å². The van der Waals surface area contributed by atoms with Gasteiger partial charge in [-0.15, -0.1) is 11.8 Å². The topological polar surface area (TPSA) is 99.4 Å². The molecule has 0 saturated carbocycles. The Morgan fingerprint density at radius 3 is 2.68 bits per heavy atom. The van der Waals surface area contributed by atoms with E-state index in [-0.39, 0.29) is 18.5 Å². The number of carbonyl (C=O) groups is 1. The summed E-state index contributed by atoms with van der Waals surface area (Å²) in [4.78, 5) is 22.3. The number of carbonyl (C=O) groups excluding carboxylic acids is 1. The molecule has 7 nitrogen and oxygen atoms in total. The number of piperidine rings is 1. The second kappa shape index (κ2) is 10.8. The van der Waals surface area contributed by atoms with Gasteiger partial charge in [-0.2, -0.15) is 5.26 Å². The second-order valence-corrected chi connectivity index (χ2v) is 8.29. The van der Waals surface area contributed by atoms with Gasteiger partial charge in [0.05, 0.1) is 18.7 Å². The number of hydrogen-bond donors (Lipinski definition) is 2. The molecule has 3 N–H and O–H groups in total. The van der Waals surface area contributed by atoms with Crippen LogP contribution in [0.15, 0.2) is 35.4 Å². The molecule has 0 unspecified atom stereocenters. The normalized spacial score (nSPS) is 14.0. The number of nitriles is 1. The average molecular weight is 435 g/mol. The maximum absolute atomic E-state index is 11.6. The Hall–Kier alpha value is -3.07. The van der Waals surface area contributed by atoms with Crippen molar-refractivity contribution >= 4 is 29.2 Å². The molecule has 0 aliphatic carbocycles. The Morgan fingerprint density at radius 2 is 2.10 bits per heavy atom. The van der Waals surface area contributed by atoms with Gasteiger partial charge >= 0.3 is 0 Å². The maximum Gasteiger partial charge on any atom is 0.233 e. The van der Waals surface area contributed by atoms with Crippen LogP contribution >= 0.6 is 11.8 Å². The predicted octanol–water partition coefficient (Wildman–Crippen LogP) is 3.40. The smallest absolute Gasteiger partial charge is 0.233 e. The van der Waals surface area contributed by atoms with Crippen molar-refractivity contribution in [2.45, 2.75) is 43.0 Å². The molecule has 0 atom stereocenters. The molecule has 0 bridgehead atoms. The number of aromatic nitrogens is 1. The maximum atomic E-state index is 11.6. The monoisotopic (exact) mass is 434 g/mol. The van der Waals surface area contributed by atoms with Gasteiger partial charge < -0.3 is 16.0 Å². The minimum absolute atomic E-state index is 0.0128. The third-order valence-electron chi connectivity index (χ3n) is 5.36. The van der Waals surface area contributed by atoms with Crippen molar-refractivity contribution in [2.75, 3.05) is 24.5 Å². The zero-order valence-corrected chi connectivity index (χ0v) is 18.4. The first-order chi connectivity index (χ1) is 15.1. The number of thioether (sulfide) groups is 1. The highest BCUT2D eigenvalue weighted by molar-refractivity contribution is 7.98. The lowest BCUT2D eigenvalue weighted by Gasteiger charge is -2.34.